The zero-order valence-electron chi connectivity index (χ0n) is 12.3. The van der Waals surface area contributed by atoms with Crippen LogP contribution in [0, 0.1) is 11.6 Å². The van der Waals surface area contributed by atoms with Crippen LogP contribution in [0.15, 0.2) is 42.5 Å². The minimum absolute atomic E-state index is 0.181. The Hall–Kier alpha value is -1.69. The summed E-state index contributed by atoms with van der Waals surface area (Å²) in [5.41, 5.74) is 0.764. The van der Waals surface area contributed by atoms with Gasteiger partial charge in [0, 0.05) is 13.1 Å². The number of rotatable bonds is 4. The van der Waals surface area contributed by atoms with Crippen molar-refractivity contribution >= 4 is 11.6 Å². The maximum atomic E-state index is 13.2. The van der Waals surface area contributed by atoms with Crippen LogP contribution in [-0.2, 0) is 4.74 Å². The van der Waals surface area contributed by atoms with E-state index in [0.717, 1.165) is 12.1 Å². The third kappa shape index (κ3) is 3.99. The molecule has 1 aliphatic rings. The average molecular weight is 340 g/mol. The summed E-state index contributed by atoms with van der Waals surface area (Å²) in [4.78, 5) is 0. The Morgan fingerprint density at radius 1 is 1.13 bits per heavy atom. The lowest BCUT2D eigenvalue weighted by molar-refractivity contribution is -0.0432. The molecule has 3 rings (SSSR count). The van der Waals surface area contributed by atoms with E-state index < -0.39 is 11.9 Å². The molecule has 1 heterocycles. The zero-order chi connectivity index (χ0) is 16.2. The van der Waals surface area contributed by atoms with Crippen molar-refractivity contribution in [1.82, 2.24) is 5.32 Å². The summed E-state index contributed by atoms with van der Waals surface area (Å²) in [5, 5.41) is 3.42. The van der Waals surface area contributed by atoms with E-state index in [1.165, 1.54) is 30.3 Å². The van der Waals surface area contributed by atoms with E-state index >= 15 is 0 Å². The van der Waals surface area contributed by atoms with Crippen LogP contribution in [0.2, 0.25) is 5.02 Å². The van der Waals surface area contributed by atoms with E-state index in [1.54, 1.807) is 12.1 Å². The van der Waals surface area contributed by atoms with Gasteiger partial charge in [0.15, 0.2) is 6.10 Å². The smallest absolute Gasteiger partial charge is 0.151 e. The quantitative estimate of drug-likeness (QED) is 0.920. The number of morpholine rings is 1. The minimum Gasteiger partial charge on any atom is -0.481 e. The molecule has 0 bridgehead atoms. The van der Waals surface area contributed by atoms with Crippen molar-refractivity contribution in [2.75, 3.05) is 19.7 Å². The first kappa shape index (κ1) is 16.2. The molecule has 1 saturated heterocycles. The summed E-state index contributed by atoms with van der Waals surface area (Å²) in [6.07, 6.45) is -0.735. The van der Waals surface area contributed by atoms with E-state index in [2.05, 4.69) is 5.32 Å². The Balaban J connectivity index is 1.89. The van der Waals surface area contributed by atoms with Gasteiger partial charge < -0.3 is 14.8 Å². The van der Waals surface area contributed by atoms with Crippen LogP contribution in [0.1, 0.15) is 11.7 Å². The predicted molar refractivity (Wildman–Crippen MR) is 83.8 cm³/mol. The molecule has 0 aliphatic carbocycles. The van der Waals surface area contributed by atoms with E-state index in [-0.39, 0.29) is 16.9 Å². The van der Waals surface area contributed by atoms with Gasteiger partial charge >= 0.3 is 0 Å². The van der Waals surface area contributed by atoms with Gasteiger partial charge in [-0.1, -0.05) is 23.7 Å². The SMILES string of the molecule is Fc1ccc(C(Oc2ccc(F)cc2Cl)[C@@H]2CNCCO2)cc1. The normalized spacial score (nSPS) is 19.3. The molecule has 1 N–H and O–H groups in total. The second-order valence-corrected chi connectivity index (χ2v) is 5.69. The molecular weight excluding hydrogens is 324 g/mol. The molecule has 1 aliphatic heterocycles. The zero-order valence-corrected chi connectivity index (χ0v) is 13.0. The molecule has 122 valence electrons. The fraction of sp³-hybridized carbons (Fsp3) is 0.294. The lowest BCUT2D eigenvalue weighted by Gasteiger charge is -2.31. The van der Waals surface area contributed by atoms with Crippen LogP contribution in [0.5, 0.6) is 5.75 Å². The molecule has 3 nitrogen and oxygen atoms in total. The first-order valence-corrected chi connectivity index (χ1v) is 7.71. The number of nitrogens with one attached hydrogen (secondary N) is 1. The molecule has 0 aromatic heterocycles. The fourth-order valence-corrected chi connectivity index (χ4v) is 2.71. The third-order valence-electron chi connectivity index (χ3n) is 3.64. The molecule has 0 radical (unpaired) electrons. The summed E-state index contributed by atoms with van der Waals surface area (Å²) < 4.78 is 38.1. The highest BCUT2D eigenvalue weighted by Gasteiger charge is 2.28. The maximum absolute atomic E-state index is 13.2. The monoisotopic (exact) mass is 339 g/mol. The molecule has 0 amide bonds. The second kappa shape index (κ2) is 7.25. The summed E-state index contributed by atoms with van der Waals surface area (Å²) in [5.74, 6) is -0.400. The first-order chi connectivity index (χ1) is 11.1. The van der Waals surface area contributed by atoms with Crippen molar-refractivity contribution in [3.05, 3.63) is 64.7 Å². The fourth-order valence-electron chi connectivity index (χ4n) is 2.50. The summed E-state index contributed by atoms with van der Waals surface area (Å²) in [6.45, 7) is 1.92. The summed E-state index contributed by atoms with van der Waals surface area (Å²) in [6, 6.07) is 9.99. The Kier molecular flexibility index (Phi) is 5.10. The van der Waals surface area contributed by atoms with Crippen LogP contribution in [0.25, 0.3) is 0 Å². The standard InChI is InChI=1S/C17H16ClF2NO2/c18-14-9-13(20)5-6-15(14)23-17(16-10-21-7-8-22-16)11-1-3-12(19)4-2-11/h1-6,9,16-17,21H,7-8,10H2/t16-,17?/m0/s1. The van der Waals surface area contributed by atoms with Crippen LogP contribution in [0.3, 0.4) is 0 Å². The van der Waals surface area contributed by atoms with Gasteiger partial charge in [0.1, 0.15) is 23.5 Å². The van der Waals surface area contributed by atoms with Crippen LogP contribution in [0.4, 0.5) is 8.78 Å². The maximum Gasteiger partial charge on any atom is 0.151 e. The van der Waals surface area contributed by atoms with Gasteiger partial charge in [0.25, 0.3) is 0 Å². The Labute approximate surface area is 138 Å². The summed E-state index contributed by atoms with van der Waals surface area (Å²) in [7, 11) is 0. The third-order valence-corrected chi connectivity index (χ3v) is 3.94. The number of ether oxygens (including phenoxy) is 2. The van der Waals surface area contributed by atoms with Gasteiger partial charge in [-0.15, -0.1) is 0 Å². The molecule has 23 heavy (non-hydrogen) atoms. The molecule has 2 atom stereocenters. The van der Waals surface area contributed by atoms with Crippen molar-refractivity contribution in [3.63, 3.8) is 0 Å². The first-order valence-electron chi connectivity index (χ1n) is 7.33. The van der Waals surface area contributed by atoms with E-state index in [1.807, 2.05) is 0 Å². The number of halogens is 3. The lowest BCUT2D eigenvalue weighted by Crippen LogP contribution is -2.43. The highest BCUT2D eigenvalue weighted by Crippen LogP contribution is 2.32. The second-order valence-electron chi connectivity index (χ2n) is 5.28. The lowest BCUT2D eigenvalue weighted by atomic mass is 10.0. The predicted octanol–water partition coefficient (Wildman–Crippen LogP) is 3.73. The summed E-state index contributed by atoms with van der Waals surface area (Å²) >= 11 is 6.04. The Morgan fingerprint density at radius 3 is 2.52 bits per heavy atom. The van der Waals surface area contributed by atoms with Gasteiger partial charge in [-0.3, -0.25) is 0 Å². The average Bonchev–Trinajstić information content (AvgIpc) is 2.56. The van der Waals surface area contributed by atoms with Gasteiger partial charge in [-0.2, -0.15) is 0 Å². The highest BCUT2D eigenvalue weighted by molar-refractivity contribution is 6.32. The largest absolute Gasteiger partial charge is 0.481 e. The molecule has 2 aromatic carbocycles. The Morgan fingerprint density at radius 2 is 1.87 bits per heavy atom. The van der Waals surface area contributed by atoms with Crippen molar-refractivity contribution in [2.24, 2.45) is 0 Å². The number of benzene rings is 2. The number of hydrogen-bond acceptors (Lipinski definition) is 3. The Bertz CT molecular complexity index is 660. The molecule has 0 spiro atoms. The number of hydrogen-bond donors (Lipinski definition) is 1. The molecular formula is C17H16ClF2NO2. The van der Waals surface area contributed by atoms with Gasteiger partial charge in [0.2, 0.25) is 0 Å². The van der Waals surface area contributed by atoms with Gasteiger partial charge in [-0.25, -0.2) is 8.78 Å². The topological polar surface area (TPSA) is 30.5 Å². The minimum atomic E-state index is -0.480. The van der Waals surface area contributed by atoms with E-state index in [0.29, 0.717) is 18.9 Å². The van der Waals surface area contributed by atoms with Crippen LogP contribution < -0.4 is 10.1 Å². The van der Waals surface area contributed by atoms with Gasteiger partial charge in [0.05, 0.1) is 11.6 Å². The molecule has 2 aromatic rings. The van der Waals surface area contributed by atoms with Crippen molar-refractivity contribution < 1.29 is 18.3 Å². The molecule has 1 fully saturated rings. The van der Waals surface area contributed by atoms with Crippen molar-refractivity contribution in [2.45, 2.75) is 12.2 Å². The van der Waals surface area contributed by atoms with Crippen LogP contribution >= 0.6 is 11.6 Å². The van der Waals surface area contributed by atoms with Crippen molar-refractivity contribution in [1.29, 1.82) is 0 Å². The van der Waals surface area contributed by atoms with E-state index in [9.17, 15) is 8.78 Å². The van der Waals surface area contributed by atoms with Gasteiger partial charge in [-0.05, 0) is 35.9 Å². The molecule has 0 saturated carbocycles. The van der Waals surface area contributed by atoms with Crippen molar-refractivity contribution in [3.8, 4) is 5.75 Å². The van der Waals surface area contributed by atoms with Crippen LogP contribution in [-0.4, -0.2) is 25.8 Å². The highest BCUT2D eigenvalue weighted by atomic mass is 35.5. The van der Waals surface area contributed by atoms with E-state index in [4.69, 9.17) is 21.1 Å². The molecule has 6 heteroatoms. The molecule has 1 unspecified atom stereocenters.